The number of hydrogen-bond acceptors (Lipinski definition) is 1. The molecule has 1 N–H and O–H groups in total. The summed E-state index contributed by atoms with van der Waals surface area (Å²) in [6.45, 7) is 2.93. The van der Waals surface area contributed by atoms with Crippen molar-refractivity contribution in [1.29, 1.82) is 5.41 Å². The number of fused-ring (bicyclic) bond motifs is 1. The Hall–Kier alpha value is -3.13. The molecule has 2 heteroatoms. The molecule has 26 heavy (non-hydrogen) atoms. The second-order valence-corrected chi connectivity index (χ2v) is 6.76. The van der Waals surface area contributed by atoms with Gasteiger partial charge in [-0.3, -0.25) is 0 Å². The Morgan fingerprint density at radius 2 is 1.54 bits per heavy atom. The van der Waals surface area contributed by atoms with Crippen molar-refractivity contribution < 1.29 is 0 Å². The molecule has 0 aliphatic heterocycles. The van der Waals surface area contributed by atoms with Crippen LogP contribution in [0.4, 0.5) is 0 Å². The highest BCUT2D eigenvalue weighted by Crippen LogP contribution is 2.24. The van der Waals surface area contributed by atoms with Gasteiger partial charge in [0.2, 0.25) is 0 Å². The Kier molecular flexibility index (Phi) is 4.40. The number of aromatic nitrogens is 1. The molecule has 0 aliphatic rings. The molecule has 0 saturated carbocycles. The molecule has 0 fully saturated rings. The summed E-state index contributed by atoms with van der Waals surface area (Å²) < 4.78 is 2.26. The predicted octanol–water partition coefficient (Wildman–Crippen LogP) is 5.61. The van der Waals surface area contributed by atoms with E-state index >= 15 is 0 Å². The van der Waals surface area contributed by atoms with Gasteiger partial charge in [-0.25, -0.2) is 0 Å². The molecule has 0 aliphatic carbocycles. The summed E-state index contributed by atoms with van der Waals surface area (Å²) >= 11 is 0. The van der Waals surface area contributed by atoms with Crippen molar-refractivity contribution >= 4 is 16.6 Å². The van der Waals surface area contributed by atoms with Crippen LogP contribution in [0.3, 0.4) is 0 Å². The average molecular weight is 338 g/mol. The van der Waals surface area contributed by atoms with Crippen LogP contribution < -0.4 is 0 Å². The second kappa shape index (κ2) is 7.01. The maximum Gasteiger partial charge on any atom is 0.0490 e. The molecule has 1 heterocycles. The Bertz CT molecular complexity index is 1060. The zero-order valence-electron chi connectivity index (χ0n) is 14.9. The van der Waals surface area contributed by atoms with Crippen molar-refractivity contribution in [3.05, 3.63) is 107 Å². The first-order chi connectivity index (χ1) is 12.7. The van der Waals surface area contributed by atoms with Gasteiger partial charge in [-0.15, -0.1) is 0 Å². The lowest BCUT2D eigenvalue weighted by molar-refractivity contribution is 0.836. The lowest BCUT2D eigenvalue weighted by Crippen LogP contribution is -2.04. The van der Waals surface area contributed by atoms with E-state index in [2.05, 4.69) is 78.4 Å². The van der Waals surface area contributed by atoms with Gasteiger partial charge in [-0.1, -0.05) is 72.8 Å². The summed E-state index contributed by atoms with van der Waals surface area (Å²) in [7, 11) is 0. The van der Waals surface area contributed by atoms with Crippen molar-refractivity contribution in [3.63, 3.8) is 0 Å². The summed E-state index contributed by atoms with van der Waals surface area (Å²) in [5, 5.41) is 9.88. The molecule has 0 radical (unpaired) electrons. The van der Waals surface area contributed by atoms with Gasteiger partial charge in [-0.05, 0) is 29.7 Å². The number of para-hydroxylation sites is 1. The van der Waals surface area contributed by atoms with Crippen molar-refractivity contribution in [2.45, 2.75) is 19.9 Å². The van der Waals surface area contributed by atoms with Crippen LogP contribution in [0, 0.1) is 12.3 Å². The number of benzene rings is 3. The third kappa shape index (κ3) is 3.18. The predicted molar refractivity (Wildman–Crippen MR) is 109 cm³/mol. The molecule has 0 spiro atoms. The van der Waals surface area contributed by atoms with E-state index in [-0.39, 0.29) is 0 Å². The van der Waals surface area contributed by atoms with Crippen LogP contribution in [0.25, 0.3) is 10.9 Å². The zero-order chi connectivity index (χ0) is 17.9. The molecular weight excluding hydrogens is 316 g/mol. The van der Waals surface area contributed by atoms with Gasteiger partial charge < -0.3 is 9.98 Å². The Balaban J connectivity index is 1.71. The van der Waals surface area contributed by atoms with Crippen LogP contribution in [-0.4, -0.2) is 10.3 Å². The number of hydrogen-bond donors (Lipinski definition) is 1. The van der Waals surface area contributed by atoms with E-state index in [1.165, 1.54) is 22.2 Å². The van der Waals surface area contributed by atoms with Gasteiger partial charge in [0.1, 0.15) is 0 Å². The summed E-state index contributed by atoms with van der Waals surface area (Å²) in [6.07, 6.45) is 2.80. The van der Waals surface area contributed by atoms with Crippen LogP contribution >= 0.6 is 0 Å². The molecule has 128 valence electrons. The second-order valence-electron chi connectivity index (χ2n) is 6.76. The van der Waals surface area contributed by atoms with Crippen LogP contribution in [-0.2, 0) is 13.0 Å². The number of nitrogens with one attached hydrogen (secondary N) is 1. The van der Waals surface area contributed by atoms with Crippen LogP contribution in [0.15, 0.2) is 85.1 Å². The lowest BCUT2D eigenvalue weighted by Gasteiger charge is -2.06. The molecule has 1 aromatic heterocycles. The minimum atomic E-state index is 0.659. The summed E-state index contributed by atoms with van der Waals surface area (Å²) in [5.74, 6) is 0. The van der Waals surface area contributed by atoms with Gasteiger partial charge in [0, 0.05) is 41.3 Å². The van der Waals surface area contributed by atoms with Gasteiger partial charge >= 0.3 is 0 Å². The highest BCUT2D eigenvalue weighted by molar-refractivity contribution is 6.10. The van der Waals surface area contributed by atoms with Crippen LogP contribution in [0.5, 0.6) is 0 Å². The van der Waals surface area contributed by atoms with Crippen molar-refractivity contribution in [1.82, 2.24) is 4.57 Å². The lowest BCUT2D eigenvalue weighted by atomic mass is 9.99. The summed E-state index contributed by atoms with van der Waals surface area (Å²) in [4.78, 5) is 0. The first-order valence-corrected chi connectivity index (χ1v) is 8.96. The Labute approximate surface area is 154 Å². The monoisotopic (exact) mass is 338 g/mol. The van der Waals surface area contributed by atoms with E-state index in [9.17, 15) is 0 Å². The largest absolute Gasteiger partial charge is 0.342 e. The van der Waals surface area contributed by atoms with E-state index in [1.54, 1.807) is 0 Å². The molecule has 4 aromatic rings. The normalized spacial score (nSPS) is 11.0. The van der Waals surface area contributed by atoms with Crippen molar-refractivity contribution in [2.75, 3.05) is 0 Å². The molecule has 0 bridgehead atoms. The van der Waals surface area contributed by atoms with E-state index < -0.39 is 0 Å². The first-order valence-electron chi connectivity index (χ1n) is 8.96. The maximum atomic E-state index is 8.73. The third-order valence-electron chi connectivity index (χ3n) is 4.94. The topological polar surface area (TPSA) is 28.8 Å². The SMILES string of the molecule is Cc1ccccc1CC(=N)c1cn(Cc2ccccc2)c2ccccc12. The number of aryl methyl sites for hydroxylation is 1. The summed E-state index contributed by atoms with van der Waals surface area (Å²) in [5.41, 5.74) is 6.61. The molecule has 0 atom stereocenters. The minimum Gasteiger partial charge on any atom is -0.342 e. The number of nitrogens with zero attached hydrogens (tertiary/aromatic N) is 1. The van der Waals surface area contributed by atoms with Crippen LogP contribution in [0.2, 0.25) is 0 Å². The van der Waals surface area contributed by atoms with Gasteiger partial charge in [-0.2, -0.15) is 0 Å². The number of rotatable bonds is 5. The van der Waals surface area contributed by atoms with Crippen molar-refractivity contribution in [2.24, 2.45) is 0 Å². The van der Waals surface area contributed by atoms with E-state index in [0.29, 0.717) is 12.1 Å². The fourth-order valence-electron chi connectivity index (χ4n) is 3.49. The van der Waals surface area contributed by atoms with Gasteiger partial charge in [0.25, 0.3) is 0 Å². The van der Waals surface area contributed by atoms with E-state index in [4.69, 9.17) is 5.41 Å². The minimum absolute atomic E-state index is 0.659. The first kappa shape index (κ1) is 16.3. The molecule has 0 amide bonds. The third-order valence-corrected chi connectivity index (χ3v) is 4.94. The van der Waals surface area contributed by atoms with E-state index in [0.717, 1.165) is 17.5 Å². The fourth-order valence-corrected chi connectivity index (χ4v) is 3.49. The molecule has 4 rings (SSSR count). The Morgan fingerprint density at radius 3 is 2.35 bits per heavy atom. The molecule has 3 aromatic carbocycles. The average Bonchev–Trinajstić information content (AvgIpc) is 3.03. The van der Waals surface area contributed by atoms with Crippen molar-refractivity contribution in [3.8, 4) is 0 Å². The standard InChI is InChI=1S/C24H22N2/c1-18-9-5-6-12-20(18)15-23(25)22-17-26(16-19-10-3-2-4-11-19)24-14-8-7-13-21(22)24/h2-14,17,25H,15-16H2,1H3. The highest BCUT2D eigenvalue weighted by atomic mass is 15.0. The molecule has 2 nitrogen and oxygen atoms in total. The Morgan fingerprint density at radius 1 is 0.846 bits per heavy atom. The quantitative estimate of drug-likeness (QED) is 0.458. The summed E-state index contributed by atoms with van der Waals surface area (Å²) in [6, 6.07) is 27.2. The van der Waals surface area contributed by atoms with Gasteiger partial charge in [0.15, 0.2) is 0 Å². The molecule has 0 saturated heterocycles. The fraction of sp³-hybridized carbons (Fsp3) is 0.125. The van der Waals surface area contributed by atoms with Gasteiger partial charge in [0.05, 0.1) is 0 Å². The maximum absolute atomic E-state index is 8.73. The zero-order valence-corrected chi connectivity index (χ0v) is 14.9. The van der Waals surface area contributed by atoms with E-state index in [1.807, 2.05) is 18.2 Å². The molecule has 0 unspecified atom stereocenters. The smallest absolute Gasteiger partial charge is 0.0490 e. The molecular formula is C24H22N2. The van der Waals surface area contributed by atoms with Crippen LogP contribution in [0.1, 0.15) is 22.3 Å². The highest BCUT2D eigenvalue weighted by Gasteiger charge is 2.13.